The summed E-state index contributed by atoms with van der Waals surface area (Å²) in [5.41, 5.74) is 2.39. The molecule has 0 aromatic rings. The van der Waals surface area contributed by atoms with Gasteiger partial charge in [0.1, 0.15) is 6.61 Å². The average molecular weight is 903 g/mol. The van der Waals surface area contributed by atoms with Gasteiger partial charge >= 0.3 is 25.7 Å². The standard InChI is InChI=1S/C47H87N2O12P/c1-3-5-7-9-11-13-15-17-19-21-23-25-28-32-45(52)57-40-42(60-46(53)33-29-26-24-22-20-18-16-14-12-10-8-6-4-2)41-59-62(55,56)58-39-37-48-61-47(54)34-30-27-31-38-49-43(50)35-36-44(49)51/h42,48H,3-41H2,1-2H3,(H,55,56)/t42-/m1/s1. The number of nitrogens with one attached hydrogen (secondary N) is 1. The van der Waals surface area contributed by atoms with Crippen LogP contribution in [0, 0.1) is 0 Å². The van der Waals surface area contributed by atoms with E-state index >= 15 is 0 Å². The van der Waals surface area contributed by atoms with Crippen molar-refractivity contribution < 1.29 is 56.8 Å². The van der Waals surface area contributed by atoms with Crippen LogP contribution < -0.4 is 5.48 Å². The molecular weight excluding hydrogens is 815 g/mol. The van der Waals surface area contributed by atoms with Crippen LogP contribution in [-0.4, -0.2) is 78.5 Å². The van der Waals surface area contributed by atoms with E-state index in [1.54, 1.807) is 0 Å². The van der Waals surface area contributed by atoms with Gasteiger partial charge in [-0.25, -0.2) is 4.57 Å². The fraction of sp³-hybridized carbons (Fsp3) is 0.894. The highest BCUT2D eigenvalue weighted by Gasteiger charge is 2.28. The van der Waals surface area contributed by atoms with Gasteiger partial charge < -0.3 is 19.2 Å². The molecule has 1 unspecified atom stereocenters. The van der Waals surface area contributed by atoms with Crippen molar-refractivity contribution in [2.75, 3.05) is 32.9 Å². The van der Waals surface area contributed by atoms with E-state index in [1.165, 1.54) is 120 Å². The maximum Gasteiger partial charge on any atom is 0.472 e. The third kappa shape index (κ3) is 35.0. The normalized spacial score (nSPS) is 14.3. The highest BCUT2D eigenvalue weighted by atomic mass is 31.2. The number of hydroxylamine groups is 1. The fourth-order valence-corrected chi connectivity index (χ4v) is 8.13. The first-order valence-electron chi connectivity index (χ1n) is 24.8. The van der Waals surface area contributed by atoms with Gasteiger partial charge in [-0.05, 0) is 25.7 Å². The molecule has 0 radical (unpaired) electrons. The van der Waals surface area contributed by atoms with Gasteiger partial charge in [0.2, 0.25) is 11.8 Å². The first-order chi connectivity index (χ1) is 30.1. The second-order valence-electron chi connectivity index (χ2n) is 17.0. The molecule has 2 amide bonds. The topological polar surface area (TPSA) is 184 Å². The third-order valence-corrected chi connectivity index (χ3v) is 12.2. The van der Waals surface area contributed by atoms with Crippen LogP contribution >= 0.6 is 7.82 Å². The van der Waals surface area contributed by atoms with Gasteiger partial charge in [0.05, 0.1) is 19.8 Å². The Bertz CT molecular complexity index is 1210. The molecule has 1 saturated heterocycles. The lowest BCUT2D eigenvalue weighted by molar-refractivity contribution is -0.161. The Hall–Kier alpha value is -2.38. The highest BCUT2D eigenvalue weighted by Crippen LogP contribution is 2.43. The number of hydrogen-bond donors (Lipinski definition) is 2. The van der Waals surface area contributed by atoms with E-state index in [4.69, 9.17) is 23.4 Å². The lowest BCUT2D eigenvalue weighted by Crippen LogP contribution is -2.30. The summed E-state index contributed by atoms with van der Waals surface area (Å²) in [5, 5.41) is 0. The molecule has 2 atom stereocenters. The second-order valence-corrected chi connectivity index (χ2v) is 18.4. The van der Waals surface area contributed by atoms with Gasteiger partial charge in [-0.2, -0.15) is 5.48 Å². The summed E-state index contributed by atoms with van der Waals surface area (Å²) in [4.78, 5) is 77.1. The van der Waals surface area contributed by atoms with Crippen LogP contribution in [-0.2, 0) is 51.9 Å². The number of unbranched alkanes of at least 4 members (excludes halogenated alkanes) is 26. The van der Waals surface area contributed by atoms with E-state index in [9.17, 15) is 33.4 Å². The van der Waals surface area contributed by atoms with Crippen molar-refractivity contribution in [1.29, 1.82) is 0 Å². The molecule has 1 fully saturated rings. The minimum absolute atomic E-state index is 0.104. The number of nitrogens with zero attached hydrogens (tertiary/aromatic N) is 1. The molecule has 1 rings (SSSR count). The van der Waals surface area contributed by atoms with Crippen molar-refractivity contribution >= 4 is 37.5 Å². The lowest BCUT2D eigenvalue weighted by atomic mass is 10.0. The number of phosphoric acid groups is 1. The molecule has 0 bridgehead atoms. The number of likely N-dealkylation sites (tertiary alicyclic amines) is 1. The summed E-state index contributed by atoms with van der Waals surface area (Å²) in [6, 6.07) is 0. The Morgan fingerprint density at radius 3 is 1.44 bits per heavy atom. The summed E-state index contributed by atoms with van der Waals surface area (Å²) in [7, 11) is -4.60. The van der Waals surface area contributed by atoms with Crippen LogP contribution in [0.5, 0.6) is 0 Å². The molecule has 362 valence electrons. The van der Waals surface area contributed by atoms with E-state index in [-0.39, 0.29) is 63.7 Å². The van der Waals surface area contributed by atoms with Gasteiger partial charge in [0, 0.05) is 38.6 Å². The van der Waals surface area contributed by atoms with Crippen LogP contribution in [0.4, 0.5) is 0 Å². The van der Waals surface area contributed by atoms with Gasteiger partial charge in [-0.1, -0.05) is 174 Å². The summed E-state index contributed by atoms with van der Waals surface area (Å²) >= 11 is 0. The Morgan fingerprint density at radius 2 is 0.968 bits per heavy atom. The SMILES string of the molecule is CCCCCCCCCCCCCCCC(=O)OC[C@H](COP(=O)(O)OCCNOC(=O)CCCCCN1C(=O)CCC1=O)OC(=O)CCCCCCCCCCCCCCC. The van der Waals surface area contributed by atoms with Crippen molar-refractivity contribution in [3.63, 3.8) is 0 Å². The number of esters is 2. The van der Waals surface area contributed by atoms with E-state index in [0.29, 0.717) is 38.6 Å². The van der Waals surface area contributed by atoms with Crippen LogP contribution in [0.3, 0.4) is 0 Å². The number of carbonyl (C=O) groups is 5. The first kappa shape index (κ1) is 57.6. The Labute approximate surface area is 375 Å². The monoisotopic (exact) mass is 903 g/mol. The number of imide groups is 1. The molecule has 0 aliphatic carbocycles. The first-order valence-corrected chi connectivity index (χ1v) is 26.3. The fourth-order valence-electron chi connectivity index (χ4n) is 7.38. The number of ether oxygens (including phenoxy) is 2. The van der Waals surface area contributed by atoms with Crippen LogP contribution in [0.1, 0.15) is 232 Å². The Balaban J connectivity index is 2.35. The molecule has 0 aromatic heterocycles. The van der Waals surface area contributed by atoms with Crippen molar-refractivity contribution in [3.8, 4) is 0 Å². The smallest absolute Gasteiger partial charge is 0.462 e. The summed E-state index contributed by atoms with van der Waals surface area (Å²) in [5.74, 6) is -1.77. The van der Waals surface area contributed by atoms with Gasteiger partial charge in [0.25, 0.3) is 0 Å². The van der Waals surface area contributed by atoms with E-state index in [2.05, 4.69) is 19.3 Å². The Morgan fingerprint density at radius 1 is 0.565 bits per heavy atom. The number of rotatable bonds is 45. The quantitative estimate of drug-likeness (QED) is 0.0147. The van der Waals surface area contributed by atoms with Gasteiger partial charge in [-0.15, -0.1) is 0 Å². The van der Waals surface area contributed by atoms with E-state index in [1.807, 2.05) is 0 Å². The summed E-state index contributed by atoms with van der Waals surface area (Å²) < 4.78 is 33.7. The molecule has 14 nitrogen and oxygen atoms in total. The maximum atomic E-state index is 12.8. The van der Waals surface area contributed by atoms with Crippen molar-refractivity contribution in [2.24, 2.45) is 0 Å². The number of phosphoric ester groups is 1. The molecule has 62 heavy (non-hydrogen) atoms. The average Bonchev–Trinajstić information content (AvgIpc) is 3.57. The zero-order valence-electron chi connectivity index (χ0n) is 39.0. The summed E-state index contributed by atoms with van der Waals surface area (Å²) in [6.07, 6.45) is 32.6. The predicted octanol–water partition coefficient (Wildman–Crippen LogP) is 11.3. The molecule has 0 saturated carbocycles. The number of carbonyl (C=O) groups excluding carboxylic acids is 5. The number of amides is 2. The van der Waals surface area contributed by atoms with Crippen LogP contribution in [0.2, 0.25) is 0 Å². The number of hydrogen-bond acceptors (Lipinski definition) is 12. The van der Waals surface area contributed by atoms with E-state index in [0.717, 1.165) is 38.5 Å². The molecular formula is C47H87N2O12P. The zero-order valence-corrected chi connectivity index (χ0v) is 39.9. The molecule has 1 aliphatic rings. The largest absolute Gasteiger partial charge is 0.472 e. The van der Waals surface area contributed by atoms with Crippen molar-refractivity contribution in [1.82, 2.24) is 10.4 Å². The summed E-state index contributed by atoms with van der Waals surface area (Å²) in [6.45, 7) is 3.55. The Kier molecular flexibility index (Phi) is 37.3. The second kappa shape index (κ2) is 40.2. The molecule has 2 N–H and O–H groups in total. The zero-order chi connectivity index (χ0) is 45.4. The van der Waals surface area contributed by atoms with Gasteiger partial charge in [-0.3, -0.25) is 37.9 Å². The maximum absolute atomic E-state index is 12.8. The molecule has 1 heterocycles. The highest BCUT2D eigenvalue weighted by molar-refractivity contribution is 7.47. The molecule has 0 spiro atoms. The third-order valence-electron chi connectivity index (χ3n) is 11.2. The lowest BCUT2D eigenvalue weighted by Gasteiger charge is -2.20. The minimum Gasteiger partial charge on any atom is -0.462 e. The predicted molar refractivity (Wildman–Crippen MR) is 242 cm³/mol. The van der Waals surface area contributed by atoms with Gasteiger partial charge in [0.15, 0.2) is 6.10 Å². The molecule has 1 aliphatic heterocycles. The minimum atomic E-state index is -4.60. The van der Waals surface area contributed by atoms with E-state index < -0.39 is 38.4 Å². The van der Waals surface area contributed by atoms with Crippen molar-refractivity contribution in [3.05, 3.63) is 0 Å². The molecule has 15 heteroatoms. The van der Waals surface area contributed by atoms with Crippen molar-refractivity contribution in [2.45, 2.75) is 238 Å². The van der Waals surface area contributed by atoms with Crippen LogP contribution in [0.15, 0.2) is 0 Å². The van der Waals surface area contributed by atoms with Crippen LogP contribution in [0.25, 0.3) is 0 Å². The molecule has 0 aromatic carbocycles.